The summed E-state index contributed by atoms with van der Waals surface area (Å²) in [5, 5.41) is 6.88. The fourth-order valence-electron chi connectivity index (χ4n) is 1.35. The van der Waals surface area contributed by atoms with Gasteiger partial charge >= 0.3 is 0 Å². The van der Waals surface area contributed by atoms with E-state index in [1.165, 1.54) is 0 Å². The Kier molecular flexibility index (Phi) is 4.10. The highest BCUT2D eigenvalue weighted by Gasteiger charge is 2.29. The Bertz CT molecular complexity index is 373. The van der Waals surface area contributed by atoms with E-state index in [2.05, 4.69) is 19.2 Å². The number of aryl methyl sites for hydroxylation is 1. The topological polar surface area (TPSA) is 55.1 Å². The summed E-state index contributed by atoms with van der Waals surface area (Å²) in [5.74, 6) is 0.279. The Morgan fingerprint density at radius 2 is 2.19 bits per heavy atom. The van der Waals surface area contributed by atoms with E-state index in [9.17, 15) is 4.79 Å². The number of hydrogen-bond donors (Lipinski definition) is 2. The first kappa shape index (κ1) is 13.2. The summed E-state index contributed by atoms with van der Waals surface area (Å²) in [6.45, 7) is 8.50. The molecule has 0 saturated heterocycles. The zero-order chi connectivity index (χ0) is 12.3. The monoisotopic (exact) mass is 240 g/mol. The summed E-state index contributed by atoms with van der Waals surface area (Å²) in [6, 6.07) is 0. The minimum atomic E-state index is -0.342. The van der Waals surface area contributed by atoms with Crippen LogP contribution >= 0.6 is 11.3 Å². The summed E-state index contributed by atoms with van der Waals surface area (Å²) in [6.07, 6.45) is 0. The number of thiophene rings is 1. The average Bonchev–Trinajstić information content (AvgIpc) is 2.64. The third kappa shape index (κ3) is 2.62. The number of nitrogens with two attached hydrogens (primary N) is 1. The molecule has 1 atom stereocenters. The standard InChI is InChI=1S/C12H20N2OS/c1-8(2)12(4,7-13)14-11(15)10-6-16-5-9(10)3/h5-6,8H,7,13H2,1-4H3,(H,14,15). The number of nitrogens with one attached hydrogen (secondary N) is 1. The Labute approximate surface area is 101 Å². The van der Waals surface area contributed by atoms with E-state index in [0.717, 1.165) is 11.1 Å². The number of amides is 1. The van der Waals surface area contributed by atoms with Crippen LogP contribution in [-0.2, 0) is 0 Å². The minimum absolute atomic E-state index is 0.0274. The van der Waals surface area contributed by atoms with Crippen molar-refractivity contribution in [2.75, 3.05) is 6.54 Å². The van der Waals surface area contributed by atoms with Crippen LogP contribution in [0.25, 0.3) is 0 Å². The molecule has 1 amide bonds. The van der Waals surface area contributed by atoms with E-state index < -0.39 is 0 Å². The van der Waals surface area contributed by atoms with Gasteiger partial charge in [-0.25, -0.2) is 0 Å². The SMILES string of the molecule is Cc1cscc1C(=O)NC(C)(CN)C(C)C. The molecular weight excluding hydrogens is 220 g/mol. The van der Waals surface area contributed by atoms with Crippen LogP contribution in [0.15, 0.2) is 10.8 Å². The molecule has 16 heavy (non-hydrogen) atoms. The van der Waals surface area contributed by atoms with Gasteiger partial charge in [0.1, 0.15) is 0 Å². The van der Waals surface area contributed by atoms with Crippen LogP contribution in [0, 0.1) is 12.8 Å². The highest BCUT2D eigenvalue weighted by molar-refractivity contribution is 7.08. The Morgan fingerprint density at radius 3 is 2.56 bits per heavy atom. The molecular formula is C12H20N2OS. The van der Waals surface area contributed by atoms with E-state index in [4.69, 9.17) is 5.73 Å². The Morgan fingerprint density at radius 1 is 1.56 bits per heavy atom. The van der Waals surface area contributed by atoms with Gasteiger partial charge in [-0.3, -0.25) is 4.79 Å². The lowest BCUT2D eigenvalue weighted by Crippen LogP contribution is -2.55. The van der Waals surface area contributed by atoms with Crippen LogP contribution in [0.5, 0.6) is 0 Å². The van der Waals surface area contributed by atoms with E-state index in [1.807, 2.05) is 24.6 Å². The van der Waals surface area contributed by atoms with E-state index in [1.54, 1.807) is 11.3 Å². The van der Waals surface area contributed by atoms with Crippen molar-refractivity contribution in [3.8, 4) is 0 Å². The van der Waals surface area contributed by atoms with Crippen LogP contribution in [0.4, 0.5) is 0 Å². The zero-order valence-electron chi connectivity index (χ0n) is 10.3. The molecule has 1 heterocycles. The largest absolute Gasteiger partial charge is 0.345 e. The lowest BCUT2D eigenvalue weighted by Gasteiger charge is -2.33. The molecule has 0 aliphatic heterocycles. The van der Waals surface area contributed by atoms with Gasteiger partial charge in [-0.15, -0.1) is 0 Å². The van der Waals surface area contributed by atoms with E-state index >= 15 is 0 Å². The Balaban J connectivity index is 2.82. The second-order valence-corrected chi connectivity index (χ2v) is 5.44. The van der Waals surface area contributed by atoms with E-state index in [0.29, 0.717) is 12.5 Å². The summed E-state index contributed by atoms with van der Waals surface area (Å²) in [5.41, 5.74) is 7.17. The van der Waals surface area contributed by atoms with Gasteiger partial charge in [0.25, 0.3) is 5.91 Å². The second kappa shape index (κ2) is 4.97. The van der Waals surface area contributed by atoms with Crippen molar-refractivity contribution in [2.45, 2.75) is 33.2 Å². The normalized spacial score (nSPS) is 14.9. The second-order valence-electron chi connectivity index (χ2n) is 4.70. The summed E-state index contributed by atoms with van der Waals surface area (Å²) >= 11 is 1.54. The summed E-state index contributed by atoms with van der Waals surface area (Å²) < 4.78 is 0. The molecule has 90 valence electrons. The van der Waals surface area contributed by atoms with Gasteiger partial charge in [0.05, 0.1) is 11.1 Å². The maximum Gasteiger partial charge on any atom is 0.252 e. The molecule has 1 aromatic heterocycles. The van der Waals surface area contributed by atoms with Gasteiger partial charge in [-0.1, -0.05) is 13.8 Å². The third-order valence-electron chi connectivity index (χ3n) is 3.20. The lowest BCUT2D eigenvalue weighted by molar-refractivity contribution is 0.0883. The van der Waals surface area contributed by atoms with Crippen molar-refractivity contribution in [3.05, 3.63) is 21.9 Å². The highest BCUT2D eigenvalue weighted by Crippen LogP contribution is 2.18. The van der Waals surface area contributed by atoms with Crippen LogP contribution in [0.3, 0.4) is 0 Å². The molecule has 0 radical (unpaired) electrons. The molecule has 0 saturated carbocycles. The molecule has 1 aromatic rings. The predicted octanol–water partition coefficient (Wildman–Crippen LogP) is 2.16. The van der Waals surface area contributed by atoms with Crippen LogP contribution in [0.2, 0.25) is 0 Å². The predicted molar refractivity (Wildman–Crippen MR) is 68.8 cm³/mol. The fraction of sp³-hybridized carbons (Fsp3) is 0.583. The lowest BCUT2D eigenvalue weighted by atomic mass is 9.88. The van der Waals surface area contributed by atoms with Crippen molar-refractivity contribution in [2.24, 2.45) is 11.7 Å². The van der Waals surface area contributed by atoms with Crippen LogP contribution in [0.1, 0.15) is 36.7 Å². The van der Waals surface area contributed by atoms with Crippen molar-refractivity contribution >= 4 is 17.2 Å². The quantitative estimate of drug-likeness (QED) is 0.847. The van der Waals surface area contributed by atoms with Crippen LogP contribution in [-0.4, -0.2) is 18.0 Å². The number of rotatable bonds is 4. The molecule has 1 unspecified atom stereocenters. The molecule has 3 nitrogen and oxygen atoms in total. The number of carbonyl (C=O) groups excluding carboxylic acids is 1. The first-order chi connectivity index (χ1) is 7.40. The molecule has 0 spiro atoms. The molecule has 0 aromatic carbocycles. The highest BCUT2D eigenvalue weighted by atomic mass is 32.1. The first-order valence-electron chi connectivity index (χ1n) is 5.46. The smallest absolute Gasteiger partial charge is 0.252 e. The van der Waals surface area contributed by atoms with Crippen molar-refractivity contribution in [1.82, 2.24) is 5.32 Å². The average molecular weight is 240 g/mol. The maximum atomic E-state index is 12.0. The van der Waals surface area contributed by atoms with Crippen molar-refractivity contribution in [3.63, 3.8) is 0 Å². The molecule has 0 bridgehead atoms. The van der Waals surface area contributed by atoms with Gasteiger partial charge in [0.2, 0.25) is 0 Å². The molecule has 0 aliphatic rings. The maximum absolute atomic E-state index is 12.0. The van der Waals surface area contributed by atoms with Crippen molar-refractivity contribution in [1.29, 1.82) is 0 Å². The fourth-order valence-corrected chi connectivity index (χ4v) is 2.18. The van der Waals surface area contributed by atoms with Gasteiger partial charge in [-0.05, 0) is 30.7 Å². The molecule has 3 N–H and O–H groups in total. The number of carbonyl (C=O) groups is 1. The minimum Gasteiger partial charge on any atom is -0.345 e. The van der Waals surface area contributed by atoms with Gasteiger partial charge < -0.3 is 11.1 Å². The van der Waals surface area contributed by atoms with E-state index in [-0.39, 0.29) is 11.4 Å². The molecule has 0 aliphatic carbocycles. The van der Waals surface area contributed by atoms with Gasteiger partial charge in [0, 0.05) is 11.9 Å². The number of hydrogen-bond acceptors (Lipinski definition) is 3. The molecule has 1 rings (SSSR count). The molecule has 0 fully saturated rings. The van der Waals surface area contributed by atoms with Crippen LogP contribution < -0.4 is 11.1 Å². The zero-order valence-corrected chi connectivity index (χ0v) is 11.1. The van der Waals surface area contributed by atoms with Gasteiger partial charge in [-0.2, -0.15) is 11.3 Å². The Hall–Kier alpha value is -0.870. The molecule has 4 heteroatoms. The van der Waals surface area contributed by atoms with Crippen molar-refractivity contribution < 1.29 is 4.79 Å². The summed E-state index contributed by atoms with van der Waals surface area (Å²) in [7, 11) is 0. The first-order valence-corrected chi connectivity index (χ1v) is 6.40. The van der Waals surface area contributed by atoms with Gasteiger partial charge in [0.15, 0.2) is 0 Å². The summed E-state index contributed by atoms with van der Waals surface area (Å²) in [4.78, 5) is 12.0. The third-order valence-corrected chi connectivity index (χ3v) is 4.06.